The van der Waals surface area contributed by atoms with Gasteiger partial charge in [-0.3, -0.25) is 0 Å². The summed E-state index contributed by atoms with van der Waals surface area (Å²) in [6.45, 7) is 0. The third kappa shape index (κ3) is 2.84. The van der Waals surface area contributed by atoms with Crippen LogP contribution < -0.4 is 4.74 Å². The van der Waals surface area contributed by atoms with Crippen LogP contribution in [0.2, 0.25) is 0 Å². The molecule has 2 aromatic heterocycles. The summed E-state index contributed by atoms with van der Waals surface area (Å²) in [5, 5.41) is 16.1. The third-order valence-corrected chi connectivity index (χ3v) is 4.19. The molecule has 0 bridgehead atoms. The number of aryl methyl sites for hydroxylation is 1. The first kappa shape index (κ1) is 11.6. The van der Waals surface area contributed by atoms with Gasteiger partial charge < -0.3 is 9.84 Å². The fourth-order valence-corrected chi connectivity index (χ4v) is 3.08. The van der Waals surface area contributed by atoms with E-state index in [-0.39, 0.29) is 6.10 Å². The summed E-state index contributed by atoms with van der Waals surface area (Å²) < 4.78 is 5.10. The summed E-state index contributed by atoms with van der Waals surface area (Å²) in [7, 11) is 1.64. The zero-order valence-electron chi connectivity index (χ0n) is 9.05. The maximum absolute atomic E-state index is 9.99. The fourth-order valence-electron chi connectivity index (χ4n) is 1.50. The normalized spacial score (nSPS) is 12.6. The van der Waals surface area contributed by atoms with Crippen molar-refractivity contribution in [3.05, 3.63) is 38.7 Å². The summed E-state index contributed by atoms with van der Waals surface area (Å²) in [6, 6.07) is 4.01. The maximum atomic E-state index is 9.99. The molecule has 0 fully saturated rings. The number of aliphatic hydroxyl groups excluding tert-OH is 1. The standard InChI is InChI=1S/C12H14O2S2/c1-14-10-6-12(16-8-10)11(13)3-2-9-4-5-15-7-9/h4-8,11,13H,2-3H2,1H3. The van der Waals surface area contributed by atoms with Crippen LogP contribution in [0.5, 0.6) is 5.75 Å². The number of hydrogen-bond donors (Lipinski definition) is 1. The van der Waals surface area contributed by atoms with Crippen molar-refractivity contribution >= 4 is 22.7 Å². The van der Waals surface area contributed by atoms with E-state index < -0.39 is 0 Å². The lowest BCUT2D eigenvalue weighted by Gasteiger charge is -2.06. The van der Waals surface area contributed by atoms with Crippen molar-refractivity contribution in [2.45, 2.75) is 18.9 Å². The van der Waals surface area contributed by atoms with Crippen molar-refractivity contribution in [2.75, 3.05) is 7.11 Å². The van der Waals surface area contributed by atoms with Gasteiger partial charge in [0.15, 0.2) is 0 Å². The minimum absolute atomic E-state index is 0.381. The van der Waals surface area contributed by atoms with Gasteiger partial charge in [-0.15, -0.1) is 11.3 Å². The average molecular weight is 254 g/mol. The van der Waals surface area contributed by atoms with Gasteiger partial charge in [0.1, 0.15) is 5.75 Å². The van der Waals surface area contributed by atoms with E-state index in [0.717, 1.165) is 23.5 Å². The molecule has 1 unspecified atom stereocenters. The van der Waals surface area contributed by atoms with Crippen molar-refractivity contribution in [2.24, 2.45) is 0 Å². The van der Waals surface area contributed by atoms with Crippen molar-refractivity contribution < 1.29 is 9.84 Å². The first-order chi connectivity index (χ1) is 7.79. The molecule has 2 nitrogen and oxygen atoms in total. The van der Waals surface area contributed by atoms with Gasteiger partial charge in [-0.2, -0.15) is 11.3 Å². The third-order valence-electron chi connectivity index (χ3n) is 2.45. The van der Waals surface area contributed by atoms with Crippen LogP contribution in [0.15, 0.2) is 28.3 Å². The molecule has 0 aliphatic carbocycles. The Balaban J connectivity index is 1.90. The largest absolute Gasteiger partial charge is 0.496 e. The quantitative estimate of drug-likeness (QED) is 0.885. The molecule has 2 heterocycles. The highest BCUT2D eigenvalue weighted by Gasteiger charge is 2.11. The predicted octanol–water partition coefficient (Wildman–Crippen LogP) is 3.48. The molecule has 2 rings (SSSR count). The molecule has 0 saturated heterocycles. The van der Waals surface area contributed by atoms with Crippen LogP contribution in [0.1, 0.15) is 23.0 Å². The molecule has 0 aliphatic heterocycles. The Hall–Kier alpha value is -0.840. The highest BCUT2D eigenvalue weighted by molar-refractivity contribution is 7.10. The second-order valence-electron chi connectivity index (χ2n) is 3.57. The van der Waals surface area contributed by atoms with Crippen molar-refractivity contribution in [3.63, 3.8) is 0 Å². The number of methoxy groups -OCH3 is 1. The Morgan fingerprint density at radius 3 is 2.94 bits per heavy atom. The van der Waals surface area contributed by atoms with E-state index >= 15 is 0 Å². The molecular formula is C12H14O2S2. The molecule has 0 amide bonds. The highest BCUT2D eigenvalue weighted by atomic mass is 32.1. The van der Waals surface area contributed by atoms with Gasteiger partial charge in [0.05, 0.1) is 13.2 Å². The smallest absolute Gasteiger partial charge is 0.129 e. The van der Waals surface area contributed by atoms with Crippen LogP contribution in [0.4, 0.5) is 0 Å². The van der Waals surface area contributed by atoms with Gasteiger partial charge in [-0.25, -0.2) is 0 Å². The van der Waals surface area contributed by atoms with Crippen LogP contribution in [0.25, 0.3) is 0 Å². The van der Waals surface area contributed by atoms with E-state index in [0.29, 0.717) is 0 Å². The molecule has 0 aromatic carbocycles. The number of thiophene rings is 2. The average Bonchev–Trinajstić information content (AvgIpc) is 2.96. The fraction of sp³-hybridized carbons (Fsp3) is 0.333. The SMILES string of the molecule is COc1csc(C(O)CCc2ccsc2)c1. The van der Waals surface area contributed by atoms with Gasteiger partial charge in [-0.1, -0.05) is 0 Å². The number of aliphatic hydroxyl groups is 1. The van der Waals surface area contributed by atoms with E-state index in [1.54, 1.807) is 29.8 Å². The van der Waals surface area contributed by atoms with E-state index in [1.165, 1.54) is 5.56 Å². The molecule has 1 atom stereocenters. The zero-order chi connectivity index (χ0) is 11.4. The van der Waals surface area contributed by atoms with E-state index in [1.807, 2.05) is 11.4 Å². The highest BCUT2D eigenvalue weighted by Crippen LogP contribution is 2.29. The van der Waals surface area contributed by atoms with Gasteiger partial charge in [0.25, 0.3) is 0 Å². The van der Waals surface area contributed by atoms with Crippen LogP contribution in [-0.4, -0.2) is 12.2 Å². The lowest BCUT2D eigenvalue weighted by Crippen LogP contribution is -1.96. The summed E-state index contributed by atoms with van der Waals surface area (Å²) in [4.78, 5) is 0.979. The molecule has 0 aliphatic rings. The second-order valence-corrected chi connectivity index (χ2v) is 5.30. The predicted molar refractivity (Wildman–Crippen MR) is 68.5 cm³/mol. The summed E-state index contributed by atoms with van der Waals surface area (Å²) in [5.41, 5.74) is 1.30. The zero-order valence-corrected chi connectivity index (χ0v) is 10.7. The maximum Gasteiger partial charge on any atom is 0.129 e. The molecule has 0 radical (unpaired) electrons. The van der Waals surface area contributed by atoms with Crippen molar-refractivity contribution in [1.82, 2.24) is 0 Å². The topological polar surface area (TPSA) is 29.5 Å². The van der Waals surface area contributed by atoms with Gasteiger partial charge >= 0.3 is 0 Å². The van der Waals surface area contributed by atoms with Crippen molar-refractivity contribution in [1.29, 1.82) is 0 Å². The Bertz CT molecular complexity index is 420. The monoisotopic (exact) mass is 254 g/mol. The second kappa shape index (κ2) is 5.48. The molecule has 0 spiro atoms. The number of hydrogen-bond acceptors (Lipinski definition) is 4. The summed E-state index contributed by atoms with van der Waals surface area (Å²) in [6.07, 6.45) is 1.31. The van der Waals surface area contributed by atoms with Gasteiger partial charge in [-0.05, 0) is 41.3 Å². The minimum Gasteiger partial charge on any atom is -0.496 e. The van der Waals surface area contributed by atoms with Gasteiger partial charge in [0, 0.05) is 10.3 Å². The van der Waals surface area contributed by atoms with E-state index in [9.17, 15) is 5.11 Å². The van der Waals surface area contributed by atoms with Crippen LogP contribution >= 0.6 is 22.7 Å². The first-order valence-electron chi connectivity index (χ1n) is 5.11. The lowest BCUT2D eigenvalue weighted by molar-refractivity contribution is 0.171. The minimum atomic E-state index is -0.381. The summed E-state index contributed by atoms with van der Waals surface area (Å²) >= 11 is 3.24. The first-order valence-corrected chi connectivity index (χ1v) is 6.93. The number of rotatable bonds is 5. The Labute approximate surface area is 103 Å². The Kier molecular flexibility index (Phi) is 3.98. The molecular weight excluding hydrogens is 240 g/mol. The van der Waals surface area contributed by atoms with Crippen LogP contribution in [0.3, 0.4) is 0 Å². The molecule has 16 heavy (non-hydrogen) atoms. The molecule has 0 saturated carbocycles. The Morgan fingerprint density at radius 1 is 1.44 bits per heavy atom. The van der Waals surface area contributed by atoms with E-state index in [4.69, 9.17) is 4.74 Å². The van der Waals surface area contributed by atoms with Crippen LogP contribution in [0, 0.1) is 0 Å². The lowest BCUT2D eigenvalue weighted by atomic mass is 10.1. The molecule has 2 aromatic rings. The van der Waals surface area contributed by atoms with E-state index in [2.05, 4.69) is 16.8 Å². The molecule has 86 valence electrons. The van der Waals surface area contributed by atoms with Gasteiger partial charge in [0.2, 0.25) is 0 Å². The van der Waals surface area contributed by atoms with Crippen molar-refractivity contribution in [3.8, 4) is 5.75 Å². The van der Waals surface area contributed by atoms with Crippen LogP contribution in [-0.2, 0) is 6.42 Å². The molecule has 4 heteroatoms. The number of ether oxygens (including phenoxy) is 1. The summed E-state index contributed by atoms with van der Waals surface area (Å²) in [5.74, 6) is 0.828. The Morgan fingerprint density at radius 2 is 2.31 bits per heavy atom. The molecule has 1 N–H and O–H groups in total.